The topological polar surface area (TPSA) is 92.9 Å². The zero-order chi connectivity index (χ0) is 27.2. The van der Waals surface area contributed by atoms with Gasteiger partial charge < -0.3 is 15.0 Å². The third-order valence-electron chi connectivity index (χ3n) is 8.72. The average Bonchev–Trinajstić information content (AvgIpc) is 3.34. The number of hydrogen-bond donors (Lipinski definition) is 2. The monoisotopic (exact) mass is 531 g/mol. The molecule has 1 fully saturated rings. The van der Waals surface area contributed by atoms with Crippen molar-refractivity contribution in [1.29, 1.82) is 0 Å². The summed E-state index contributed by atoms with van der Waals surface area (Å²) in [6.45, 7) is 3.70. The summed E-state index contributed by atoms with van der Waals surface area (Å²) in [7, 11) is 0. The second-order valence-corrected chi connectivity index (χ2v) is 11.2. The van der Waals surface area contributed by atoms with Gasteiger partial charge in [-0.2, -0.15) is 0 Å². The maximum absolute atomic E-state index is 12.0. The molecule has 2 aliphatic rings. The highest BCUT2D eigenvalue weighted by Crippen LogP contribution is 2.47. The number of nitrogens with zero attached hydrogens (tertiary/aromatic N) is 4. The first-order chi connectivity index (χ1) is 19.6. The highest BCUT2D eigenvalue weighted by Gasteiger charge is 2.29. The van der Waals surface area contributed by atoms with Gasteiger partial charge in [0.25, 0.3) is 0 Å². The fourth-order valence-electron chi connectivity index (χ4n) is 6.83. The Morgan fingerprint density at radius 3 is 2.60 bits per heavy atom. The first-order valence-corrected chi connectivity index (χ1v) is 14.5. The van der Waals surface area contributed by atoms with Crippen LogP contribution in [0.4, 0.5) is 5.69 Å². The lowest BCUT2D eigenvalue weighted by atomic mass is 9.81. The average molecular weight is 532 g/mol. The van der Waals surface area contributed by atoms with E-state index in [0.29, 0.717) is 11.5 Å². The summed E-state index contributed by atoms with van der Waals surface area (Å²) in [5.74, 6) is -0.416. The number of aromatic carboxylic acids is 1. The Labute approximate surface area is 233 Å². The molecule has 0 saturated heterocycles. The van der Waals surface area contributed by atoms with E-state index in [2.05, 4.69) is 44.1 Å². The fraction of sp³-hybridized carbons (Fsp3) is 0.333. The number of nitrogens with one attached hydrogen (secondary N) is 1. The Balaban J connectivity index is 1.49. The zero-order valence-corrected chi connectivity index (χ0v) is 22.8. The highest BCUT2D eigenvalue weighted by atomic mass is 16.4. The molecular formula is C33H33N5O2. The standard InChI is InChI=1S/C33H33N5O2/c1-20-30(36-17-16-34-20)27-14-11-23-26(37-27)13-12-25-31(23)35-15-5-6-18-38-28-19-22(33(39)40)9-10-24(28)29(32(25)38)21-7-3-2-4-8-21/h9-14,16-17,19,21,35H,2-8,15,18H2,1H3,(H,39,40). The molecule has 7 nitrogen and oxygen atoms in total. The molecule has 0 spiro atoms. The van der Waals surface area contributed by atoms with Gasteiger partial charge in [-0.05, 0) is 80.5 Å². The van der Waals surface area contributed by atoms with Gasteiger partial charge in [0, 0.05) is 47.3 Å². The summed E-state index contributed by atoms with van der Waals surface area (Å²) in [4.78, 5) is 25.9. The molecule has 2 aromatic carbocycles. The van der Waals surface area contributed by atoms with Crippen LogP contribution < -0.4 is 5.32 Å². The first kappa shape index (κ1) is 24.8. The molecular weight excluding hydrogens is 498 g/mol. The quantitative estimate of drug-likeness (QED) is 0.249. The molecule has 0 unspecified atom stereocenters. The number of hydrogen-bond acceptors (Lipinski definition) is 5. The third kappa shape index (κ3) is 4.12. The SMILES string of the molecule is Cc1nccnc1-c1ccc2c3c(ccc2n1)-c1c(C2CCCCC2)c2ccc(C(=O)O)cc2n1CCCCN3. The number of rotatable bonds is 3. The van der Waals surface area contributed by atoms with Crippen LogP contribution in [0.1, 0.15) is 72.5 Å². The van der Waals surface area contributed by atoms with Crippen LogP contribution in [0.3, 0.4) is 0 Å². The predicted octanol–water partition coefficient (Wildman–Crippen LogP) is 7.57. The van der Waals surface area contributed by atoms with Crippen molar-refractivity contribution in [3.05, 3.63) is 71.7 Å². The molecule has 1 aliphatic carbocycles. The Bertz CT molecular complexity index is 1770. The summed E-state index contributed by atoms with van der Waals surface area (Å²) < 4.78 is 2.41. The van der Waals surface area contributed by atoms with E-state index in [-0.39, 0.29) is 0 Å². The minimum atomic E-state index is -0.881. The van der Waals surface area contributed by atoms with Crippen molar-refractivity contribution in [2.75, 3.05) is 11.9 Å². The first-order valence-electron chi connectivity index (χ1n) is 14.5. The van der Waals surface area contributed by atoms with E-state index in [0.717, 1.165) is 65.1 Å². The Morgan fingerprint density at radius 1 is 0.950 bits per heavy atom. The van der Waals surface area contributed by atoms with Crippen LogP contribution >= 0.6 is 0 Å². The van der Waals surface area contributed by atoms with Crippen LogP contribution in [0.2, 0.25) is 0 Å². The molecule has 1 aliphatic heterocycles. The Hall–Kier alpha value is -4.26. The molecule has 2 N–H and O–H groups in total. The minimum absolute atomic E-state index is 0.343. The van der Waals surface area contributed by atoms with Crippen LogP contribution in [0.15, 0.2) is 54.9 Å². The van der Waals surface area contributed by atoms with Crippen LogP contribution in [-0.2, 0) is 6.54 Å². The molecule has 40 heavy (non-hydrogen) atoms. The number of carbonyl (C=O) groups is 1. The molecule has 3 aromatic heterocycles. The maximum atomic E-state index is 12.0. The van der Waals surface area contributed by atoms with Crippen LogP contribution in [0.25, 0.3) is 44.5 Å². The molecule has 0 atom stereocenters. The van der Waals surface area contributed by atoms with Gasteiger partial charge in [0.15, 0.2) is 0 Å². The van der Waals surface area contributed by atoms with Crippen molar-refractivity contribution in [3.63, 3.8) is 0 Å². The lowest BCUT2D eigenvalue weighted by molar-refractivity contribution is 0.0697. The van der Waals surface area contributed by atoms with Gasteiger partial charge in [0.1, 0.15) is 5.69 Å². The lowest BCUT2D eigenvalue weighted by Crippen LogP contribution is -2.08. The minimum Gasteiger partial charge on any atom is -0.478 e. The van der Waals surface area contributed by atoms with Crippen molar-refractivity contribution in [1.82, 2.24) is 19.5 Å². The van der Waals surface area contributed by atoms with E-state index < -0.39 is 5.97 Å². The lowest BCUT2D eigenvalue weighted by Gasteiger charge is -2.24. The summed E-state index contributed by atoms with van der Waals surface area (Å²) in [5.41, 5.74) is 9.68. The number of anilines is 1. The van der Waals surface area contributed by atoms with Crippen molar-refractivity contribution in [2.45, 2.75) is 64.3 Å². The summed E-state index contributed by atoms with van der Waals surface area (Å²) in [6, 6.07) is 14.3. The van der Waals surface area contributed by atoms with Crippen LogP contribution in [0.5, 0.6) is 0 Å². The molecule has 4 heterocycles. The molecule has 7 rings (SSSR count). The van der Waals surface area contributed by atoms with Crippen molar-refractivity contribution in [3.8, 4) is 22.6 Å². The third-order valence-corrected chi connectivity index (χ3v) is 8.72. The van der Waals surface area contributed by atoms with E-state index in [1.807, 2.05) is 19.1 Å². The molecule has 1 saturated carbocycles. The van der Waals surface area contributed by atoms with Gasteiger partial charge in [-0.25, -0.2) is 9.78 Å². The highest BCUT2D eigenvalue weighted by molar-refractivity contribution is 6.04. The van der Waals surface area contributed by atoms with Crippen molar-refractivity contribution < 1.29 is 9.90 Å². The normalized spacial score (nSPS) is 16.0. The van der Waals surface area contributed by atoms with E-state index in [1.54, 1.807) is 18.5 Å². The maximum Gasteiger partial charge on any atom is 0.335 e. The number of fused-ring (bicyclic) bond motifs is 7. The van der Waals surface area contributed by atoms with Crippen molar-refractivity contribution in [2.24, 2.45) is 0 Å². The number of pyridine rings is 1. The summed E-state index contributed by atoms with van der Waals surface area (Å²) >= 11 is 0. The number of aryl methyl sites for hydroxylation is 2. The summed E-state index contributed by atoms with van der Waals surface area (Å²) in [5, 5.41) is 15.9. The van der Waals surface area contributed by atoms with Gasteiger partial charge in [-0.1, -0.05) is 25.3 Å². The van der Waals surface area contributed by atoms with Gasteiger partial charge in [-0.3, -0.25) is 9.97 Å². The van der Waals surface area contributed by atoms with Gasteiger partial charge in [0.2, 0.25) is 0 Å². The van der Waals surface area contributed by atoms with E-state index >= 15 is 0 Å². The van der Waals surface area contributed by atoms with Gasteiger partial charge in [0.05, 0.1) is 33.8 Å². The van der Waals surface area contributed by atoms with Crippen LogP contribution in [-0.4, -0.2) is 37.1 Å². The van der Waals surface area contributed by atoms with Gasteiger partial charge >= 0.3 is 5.97 Å². The largest absolute Gasteiger partial charge is 0.478 e. The molecule has 0 radical (unpaired) electrons. The van der Waals surface area contributed by atoms with E-state index in [4.69, 9.17) is 4.98 Å². The number of aromatic nitrogens is 4. The van der Waals surface area contributed by atoms with Gasteiger partial charge in [-0.15, -0.1) is 0 Å². The predicted molar refractivity (Wildman–Crippen MR) is 159 cm³/mol. The number of benzene rings is 2. The zero-order valence-electron chi connectivity index (χ0n) is 22.8. The van der Waals surface area contributed by atoms with E-state index in [9.17, 15) is 9.90 Å². The van der Waals surface area contributed by atoms with Crippen molar-refractivity contribution >= 4 is 33.5 Å². The molecule has 5 aromatic rings. The second kappa shape index (κ2) is 10.0. The second-order valence-electron chi connectivity index (χ2n) is 11.2. The Kier molecular flexibility index (Phi) is 6.22. The molecule has 7 heteroatoms. The summed E-state index contributed by atoms with van der Waals surface area (Å²) in [6.07, 6.45) is 11.6. The molecule has 202 valence electrons. The molecule has 0 amide bonds. The molecule has 0 bridgehead atoms. The van der Waals surface area contributed by atoms with Crippen LogP contribution in [0, 0.1) is 6.92 Å². The number of carboxylic acid groups (broad SMARTS) is 1. The smallest absolute Gasteiger partial charge is 0.335 e. The fourth-order valence-corrected chi connectivity index (χ4v) is 6.83. The number of carboxylic acids is 1. The Morgan fingerprint density at radius 2 is 1.77 bits per heavy atom. The van der Waals surface area contributed by atoms with E-state index in [1.165, 1.54) is 54.3 Å².